The smallest absolute Gasteiger partial charge is 0.226 e. The quantitative estimate of drug-likeness (QED) is 0.835. The summed E-state index contributed by atoms with van der Waals surface area (Å²) in [6.45, 7) is 3.10. The van der Waals surface area contributed by atoms with Crippen LogP contribution >= 0.6 is 12.4 Å². The highest BCUT2D eigenvalue weighted by Gasteiger charge is 2.18. The van der Waals surface area contributed by atoms with Crippen LogP contribution in [-0.2, 0) is 11.3 Å². The molecule has 1 aromatic carbocycles. The monoisotopic (exact) mass is 316 g/mol. The van der Waals surface area contributed by atoms with Crippen LogP contribution in [-0.4, -0.2) is 45.7 Å². The molecule has 0 saturated carbocycles. The van der Waals surface area contributed by atoms with Crippen molar-refractivity contribution < 1.29 is 14.3 Å². The largest absolute Gasteiger partial charge is 0.497 e. The summed E-state index contributed by atoms with van der Waals surface area (Å²) in [5.41, 5.74) is 0.959. The minimum atomic E-state index is -0.0470. The van der Waals surface area contributed by atoms with Crippen LogP contribution in [0.3, 0.4) is 0 Å². The van der Waals surface area contributed by atoms with E-state index in [-0.39, 0.29) is 24.2 Å². The number of carbonyl (C=O) groups is 1. The van der Waals surface area contributed by atoms with Crippen molar-refractivity contribution in [3.63, 3.8) is 0 Å². The number of nitrogens with zero attached hydrogens (tertiary/aromatic N) is 1. The molecule has 6 heteroatoms. The van der Waals surface area contributed by atoms with Crippen LogP contribution in [0.2, 0.25) is 0 Å². The maximum Gasteiger partial charge on any atom is 0.226 e. The molecule has 120 valence electrons. The van der Waals surface area contributed by atoms with Gasteiger partial charge in [0.2, 0.25) is 5.91 Å². The fraction of sp³-hybridized carbons (Fsp3) is 0.533. The molecule has 0 aliphatic heterocycles. The molecular weight excluding hydrogens is 292 g/mol. The molecule has 0 aliphatic rings. The molecule has 1 unspecified atom stereocenters. The van der Waals surface area contributed by atoms with E-state index in [9.17, 15) is 4.79 Å². The molecular formula is C15H25ClN2O3. The Morgan fingerprint density at radius 2 is 2.00 bits per heavy atom. The van der Waals surface area contributed by atoms with Crippen molar-refractivity contribution in [1.82, 2.24) is 10.2 Å². The van der Waals surface area contributed by atoms with Crippen LogP contribution in [0, 0.1) is 5.92 Å². The summed E-state index contributed by atoms with van der Waals surface area (Å²) in [7, 11) is 6.88. The second-order valence-corrected chi connectivity index (χ2v) is 4.83. The molecule has 0 fully saturated rings. The zero-order valence-electron chi connectivity index (χ0n) is 13.3. The predicted octanol–water partition coefficient (Wildman–Crippen LogP) is 1.94. The lowest BCUT2D eigenvalue weighted by molar-refractivity contribution is -0.134. The number of hydrogen-bond acceptors (Lipinski definition) is 4. The molecule has 0 radical (unpaired) electrons. The van der Waals surface area contributed by atoms with Gasteiger partial charge in [0.15, 0.2) is 0 Å². The first-order valence-electron chi connectivity index (χ1n) is 6.64. The topological polar surface area (TPSA) is 50.8 Å². The number of halogens is 1. The van der Waals surface area contributed by atoms with E-state index >= 15 is 0 Å². The fourth-order valence-corrected chi connectivity index (χ4v) is 2.09. The maximum absolute atomic E-state index is 12.2. The number of hydrogen-bond donors (Lipinski definition) is 1. The molecule has 0 bridgehead atoms. The van der Waals surface area contributed by atoms with Crippen molar-refractivity contribution in [2.75, 3.05) is 34.9 Å². The third kappa shape index (κ3) is 5.44. The molecule has 1 aromatic rings. The van der Waals surface area contributed by atoms with Crippen molar-refractivity contribution in [1.29, 1.82) is 0 Å². The summed E-state index contributed by atoms with van der Waals surface area (Å²) in [4.78, 5) is 13.9. The van der Waals surface area contributed by atoms with Gasteiger partial charge in [0.05, 0.1) is 14.2 Å². The summed E-state index contributed by atoms with van der Waals surface area (Å²) in [6.07, 6.45) is 0. The van der Waals surface area contributed by atoms with Crippen molar-refractivity contribution in [2.24, 2.45) is 5.92 Å². The summed E-state index contributed by atoms with van der Waals surface area (Å²) in [6, 6.07) is 5.61. The van der Waals surface area contributed by atoms with Gasteiger partial charge in [-0.2, -0.15) is 0 Å². The molecule has 1 N–H and O–H groups in total. The maximum atomic E-state index is 12.2. The van der Waals surface area contributed by atoms with Crippen LogP contribution in [0.25, 0.3) is 0 Å². The third-order valence-corrected chi connectivity index (χ3v) is 3.21. The Balaban J connectivity index is 0.00000400. The SMILES string of the molecule is CNCC(C)C(=O)N(C)Cc1ccc(OC)cc1OC.Cl. The minimum absolute atomic E-state index is 0. The number of benzene rings is 1. The van der Waals surface area contributed by atoms with E-state index in [1.54, 1.807) is 26.2 Å². The lowest BCUT2D eigenvalue weighted by atomic mass is 10.1. The zero-order chi connectivity index (χ0) is 15.1. The standard InChI is InChI=1S/C15H24N2O3.ClH/c1-11(9-16-2)15(18)17(3)10-12-6-7-13(19-4)8-14(12)20-5;/h6-8,11,16H,9-10H2,1-5H3;1H. The van der Waals surface area contributed by atoms with E-state index in [1.165, 1.54) is 0 Å². The summed E-state index contributed by atoms with van der Waals surface area (Å²) < 4.78 is 10.5. The first-order chi connectivity index (χ1) is 9.53. The summed E-state index contributed by atoms with van der Waals surface area (Å²) in [5.74, 6) is 1.53. The van der Waals surface area contributed by atoms with Crippen molar-refractivity contribution in [3.05, 3.63) is 23.8 Å². The fourth-order valence-electron chi connectivity index (χ4n) is 2.09. The van der Waals surface area contributed by atoms with Crippen molar-refractivity contribution in [3.8, 4) is 11.5 Å². The lowest BCUT2D eigenvalue weighted by Crippen LogP contribution is -2.35. The average molecular weight is 317 g/mol. The van der Waals surface area contributed by atoms with Gasteiger partial charge in [-0.05, 0) is 19.2 Å². The molecule has 5 nitrogen and oxygen atoms in total. The minimum Gasteiger partial charge on any atom is -0.497 e. The number of ether oxygens (including phenoxy) is 2. The second-order valence-electron chi connectivity index (χ2n) is 4.83. The van der Waals surface area contributed by atoms with Gasteiger partial charge in [-0.3, -0.25) is 4.79 Å². The first kappa shape index (κ1) is 19.5. The molecule has 0 heterocycles. The first-order valence-corrected chi connectivity index (χ1v) is 6.64. The van der Waals surface area contributed by atoms with E-state index in [0.717, 1.165) is 17.1 Å². The van der Waals surface area contributed by atoms with Gasteiger partial charge >= 0.3 is 0 Å². The van der Waals surface area contributed by atoms with Crippen LogP contribution < -0.4 is 14.8 Å². The normalized spacial score (nSPS) is 11.3. The molecule has 1 amide bonds. The molecule has 21 heavy (non-hydrogen) atoms. The Morgan fingerprint density at radius 3 is 2.52 bits per heavy atom. The molecule has 0 aliphatic carbocycles. The molecule has 0 spiro atoms. The van der Waals surface area contributed by atoms with Gasteiger partial charge < -0.3 is 19.7 Å². The highest BCUT2D eigenvalue weighted by molar-refractivity contribution is 5.85. The van der Waals surface area contributed by atoms with Gasteiger partial charge in [-0.15, -0.1) is 12.4 Å². The van der Waals surface area contributed by atoms with Crippen LogP contribution in [0.1, 0.15) is 12.5 Å². The molecule has 1 rings (SSSR count). The number of methoxy groups -OCH3 is 2. The van der Waals surface area contributed by atoms with Gasteiger partial charge in [0.25, 0.3) is 0 Å². The van der Waals surface area contributed by atoms with Gasteiger partial charge in [-0.1, -0.05) is 6.92 Å². The van der Waals surface area contributed by atoms with Crippen LogP contribution in [0.5, 0.6) is 11.5 Å². The Hall–Kier alpha value is -1.46. The molecule has 0 saturated heterocycles. The van der Waals surface area contributed by atoms with Crippen LogP contribution in [0.4, 0.5) is 0 Å². The average Bonchev–Trinajstić information content (AvgIpc) is 2.46. The van der Waals surface area contributed by atoms with E-state index in [1.807, 2.05) is 32.2 Å². The molecule has 1 atom stereocenters. The second kappa shape index (κ2) is 9.47. The number of nitrogens with one attached hydrogen (secondary N) is 1. The Bertz CT molecular complexity index is 455. The van der Waals surface area contributed by atoms with Crippen LogP contribution in [0.15, 0.2) is 18.2 Å². The third-order valence-electron chi connectivity index (χ3n) is 3.21. The molecule has 0 aromatic heterocycles. The highest BCUT2D eigenvalue weighted by atomic mass is 35.5. The van der Waals surface area contributed by atoms with Crippen molar-refractivity contribution in [2.45, 2.75) is 13.5 Å². The van der Waals surface area contributed by atoms with Gasteiger partial charge in [0.1, 0.15) is 11.5 Å². The van der Waals surface area contributed by atoms with Crippen molar-refractivity contribution >= 4 is 18.3 Å². The van der Waals surface area contributed by atoms with E-state index < -0.39 is 0 Å². The predicted molar refractivity (Wildman–Crippen MR) is 86.4 cm³/mol. The Labute approximate surface area is 133 Å². The number of amides is 1. The van der Waals surface area contributed by atoms with Gasteiger partial charge in [-0.25, -0.2) is 0 Å². The Kier molecular flexibility index (Phi) is 8.81. The number of rotatable bonds is 7. The van der Waals surface area contributed by atoms with Gasteiger partial charge in [0, 0.05) is 37.7 Å². The summed E-state index contributed by atoms with van der Waals surface area (Å²) in [5, 5.41) is 3.02. The van der Waals surface area contributed by atoms with E-state index in [0.29, 0.717) is 13.1 Å². The van der Waals surface area contributed by atoms with E-state index in [2.05, 4.69) is 5.32 Å². The number of carbonyl (C=O) groups excluding carboxylic acids is 1. The summed E-state index contributed by atoms with van der Waals surface area (Å²) >= 11 is 0. The Morgan fingerprint density at radius 1 is 1.33 bits per heavy atom. The lowest BCUT2D eigenvalue weighted by Gasteiger charge is -2.22. The highest BCUT2D eigenvalue weighted by Crippen LogP contribution is 2.25. The zero-order valence-corrected chi connectivity index (χ0v) is 14.1. The van der Waals surface area contributed by atoms with E-state index in [4.69, 9.17) is 9.47 Å².